The van der Waals surface area contributed by atoms with Crippen molar-refractivity contribution in [3.05, 3.63) is 120 Å². The minimum atomic E-state index is 0.0569. The molecule has 0 aliphatic carbocycles. The third-order valence-corrected chi connectivity index (χ3v) is 6.83. The molecular formula is C33H32N+. The Bertz CT molecular complexity index is 1470. The lowest BCUT2D eigenvalue weighted by Crippen LogP contribution is -2.35. The van der Waals surface area contributed by atoms with Gasteiger partial charge < -0.3 is 0 Å². The zero-order valence-electron chi connectivity index (χ0n) is 20.8. The predicted molar refractivity (Wildman–Crippen MR) is 145 cm³/mol. The summed E-state index contributed by atoms with van der Waals surface area (Å²) in [5, 5.41) is 2.68. The number of benzene rings is 4. The molecule has 1 aromatic heterocycles. The van der Waals surface area contributed by atoms with Crippen LogP contribution in [0.3, 0.4) is 0 Å². The Morgan fingerprint density at radius 1 is 0.559 bits per heavy atom. The van der Waals surface area contributed by atoms with Crippen molar-refractivity contribution >= 4 is 10.8 Å². The average molecular weight is 443 g/mol. The van der Waals surface area contributed by atoms with Gasteiger partial charge in [0.2, 0.25) is 5.69 Å². The molecule has 0 saturated carbocycles. The number of hydrogen-bond donors (Lipinski definition) is 0. The molecule has 0 N–H and O–H groups in total. The van der Waals surface area contributed by atoms with Gasteiger partial charge in [0.15, 0.2) is 11.9 Å². The Labute approximate surface area is 203 Å². The molecule has 5 aromatic rings. The zero-order valence-corrected chi connectivity index (χ0v) is 20.8. The molecule has 1 nitrogen and oxygen atoms in total. The van der Waals surface area contributed by atoms with E-state index in [2.05, 4.69) is 142 Å². The molecule has 34 heavy (non-hydrogen) atoms. The summed E-state index contributed by atoms with van der Waals surface area (Å²) in [4.78, 5) is 0. The number of rotatable bonds is 3. The fraction of sp³-hybridized carbons (Fsp3) is 0.182. The molecule has 0 amide bonds. The largest absolute Gasteiger partial charge is 0.214 e. The van der Waals surface area contributed by atoms with Crippen molar-refractivity contribution in [3.63, 3.8) is 0 Å². The second kappa shape index (κ2) is 8.57. The Kier molecular flexibility index (Phi) is 5.57. The van der Waals surface area contributed by atoms with Gasteiger partial charge in [0, 0.05) is 30.2 Å². The van der Waals surface area contributed by atoms with Gasteiger partial charge in [-0.2, -0.15) is 4.57 Å². The van der Waals surface area contributed by atoms with Crippen molar-refractivity contribution in [2.75, 3.05) is 0 Å². The fourth-order valence-corrected chi connectivity index (χ4v) is 4.87. The van der Waals surface area contributed by atoms with E-state index in [1.165, 1.54) is 55.5 Å². The Balaban J connectivity index is 1.64. The zero-order chi connectivity index (χ0) is 23.9. The van der Waals surface area contributed by atoms with Crippen LogP contribution in [0.25, 0.3) is 38.7 Å². The highest BCUT2D eigenvalue weighted by Gasteiger charge is 2.24. The molecule has 4 aromatic carbocycles. The van der Waals surface area contributed by atoms with E-state index in [-0.39, 0.29) is 5.41 Å². The third kappa shape index (κ3) is 4.03. The first-order chi connectivity index (χ1) is 16.3. The molecule has 1 heteroatoms. The highest BCUT2D eigenvalue weighted by Crippen LogP contribution is 2.34. The third-order valence-electron chi connectivity index (χ3n) is 6.83. The van der Waals surface area contributed by atoms with Gasteiger partial charge in [0.1, 0.15) is 0 Å². The van der Waals surface area contributed by atoms with E-state index in [9.17, 15) is 0 Å². The fourth-order valence-electron chi connectivity index (χ4n) is 4.87. The summed E-state index contributed by atoms with van der Waals surface area (Å²) in [6.07, 6.45) is 2.29. The van der Waals surface area contributed by atoms with Crippen molar-refractivity contribution in [3.8, 4) is 27.9 Å². The number of fused-ring (bicyclic) bond motifs is 1. The van der Waals surface area contributed by atoms with Gasteiger partial charge in [-0.3, -0.25) is 0 Å². The van der Waals surface area contributed by atoms with Gasteiger partial charge in [0.05, 0.1) is 0 Å². The highest BCUT2D eigenvalue weighted by atomic mass is 15.0. The van der Waals surface area contributed by atoms with Crippen LogP contribution in [-0.2, 0) is 5.41 Å². The van der Waals surface area contributed by atoms with Crippen LogP contribution < -0.4 is 4.57 Å². The van der Waals surface area contributed by atoms with Crippen LogP contribution in [-0.4, -0.2) is 0 Å². The summed E-state index contributed by atoms with van der Waals surface area (Å²) in [5.41, 5.74) is 10.2. The molecule has 0 atom stereocenters. The van der Waals surface area contributed by atoms with E-state index >= 15 is 0 Å². The van der Waals surface area contributed by atoms with E-state index in [0.717, 1.165) is 0 Å². The molecule has 0 spiro atoms. The van der Waals surface area contributed by atoms with Crippen LogP contribution >= 0.6 is 0 Å². The number of aromatic nitrogens is 1. The number of aryl methyl sites for hydroxylation is 2. The Morgan fingerprint density at radius 3 is 1.74 bits per heavy atom. The van der Waals surface area contributed by atoms with E-state index in [1.54, 1.807) is 0 Å². The van der Waals surface area contributed by atoms with E-state index in [1.807, 2.05) is 0 Å². The summed E-state index contributed by atoms with van der Waals surface area (Å²) in [5.74, 6) is 0. The van der Waals surface area contributed by atoms with Gasteiger partial charge in [-0.15, -0.1) is 0 Å². The van der Waals surface area contributed by atoms with Gasteiger partial charge in [-0.25, -0.2) is 0 Å². The first-order valence-corrected chi connectivity index (χ1v) is 12.0. The lowest BCUT2D eigenvalue weighted by molar-refractivity contribution is -0.602. The van der Waals surface area contributed by atoms with E-state index < -0.39 is 0 Å². The van der Waals surface area contributed by atoms with Crippen LogP contribution in [0.1, 0.15) is 37.6 Å². The summed E-state index contributed by atoms with van der Waals surface area (Å²) in [6, 6.07) is 35.1. The quantitative estimate of drug-likeness (QED) is 0.247. The van der Waals surface area contributed by atoms with Gasteiger partial charge >= 0.3 is 0 Å². The highest BCUT2D eigenvalue weighted by molar-refractivity contribution is 5.91. The van der Waals surface area contributed by atoms with Crippen LogP contribution in [0.2, 0.25) is 0 Å². The molecule has 0 bridgehead atoms. The van der Waals surface area contributed by atoms with Crippen LogP contribution in [0.5, 0.6) is 0 Å². The summed E-state index contributed by atoms with van der Waals surface area (Å²) < 4.78 is 2.36. The monoisotopic (exact) mass is 442 g/mol. The van der Waals surface area contributed by atoms with Crippen molar-refractivity contribution in [2.45, 2.75) is 40.0 Å². The normalized spacial score (nSPS) is 11.7. The second-order valence-electron chi connectivity index (χ2n) is 10.2. The molecule has 1 heterocycles. The van der Waals surface area contributed by atoms with Gasteiger partial charge in [-0.05, 0) is 51.4 Å². The molecule has 0 aliphatic rings. The standard InChI is InChI=1S/C33H32N/c1-23-15-16-28(27-19-17-26(18-20-27)25-11-7-6-8-12-25)22-34(23)32-21-31(33(3,4)5)30-14-10-9-13-29(30)24(32)2/h6-22H,1-5H3/q+1. The first-order valence-electron chi connectivity index (χ1n) is 12.0. The molecule has 0 fully saturated rings. The van der Waals surface area contributed by atoms with E-state index in [4.69, 9.17) is 0 Å². The molecule has 0 aliphatic heterocycles. The molecule has 0 unspecified atom stereocenters. The smallest absolute Gasteiger partial charge is 0.164 e. The SMILES string of the molecule is Cc1c(-[n+]2cc(-c3ccc(-c4ccccc4)cc3)ccc2C)cc(C(C)(C)C)c2ccccc12. The van der Waals surface area contributed by atoms with Gasteiger partial charge in [0.25, 0.3) is 0 Å². The number of pyridine rings is 1. The first kappa shape index (κ1) is 22.1. The summed E-state index contributed by atoms with van der Waals surface area (Å²) >= 11 is 0. The Morgan fingerprint density at radius 2 is 1.09 bits per heavy atom. The molecule has 0 radical (unpaired) electrons. The number of hydrogen-bond acceptors (Lipinski definition) is 0. The van der Waals surface area contributed by atoms with Crippen LogP contribution in [0.4, 0.5) is 0 Å². The van der Waals surface area contributed by atoms with E-state index in [0.29, 0.717) is 0 Å². The predicted octanol–water partition coefficient (Wildman–Crippen LogP) is 8.36. The van der Waals surface area contributed by atoms with Crippen molar-refractivity contribution in [2.24, 2.45) is 0 Å². The summed E-state index contributed by atoms with van der Waals surface area (Å²) in [6.45, 7) is 11.3. The van der Waals surface area contributed by atoms with Crippen LogP contribution in [0, 0.1) is 13.8 Å². The van der Waals surface area contributed by atoms with Crippen molar-refractivity contribution < 1.29 is 4.57 Å². The maximum atomic E-state index is 2.40. The molecule has 0 saturated heterocycles. The lowest BCUT2D eigenvalue weighted by Gasteiger charge is -2.23. The Hall–Kier alpha value is -3.71. The second-order valence-corrected chi connectivity index (χ2v) is 10.2. The maximum absolute atomic E-state index is 2.40. The minimum absolute atomic E-state index is 0.0569. The molecule has 5 rings (SSSR count). The van der Waals surface area contributed by atoms with Crippen LogP contribution in [0.15, 0.2) is 103 Å². The molecular weight excluding hydrogens is 410 g/mol. The van der Waals surface area contributed by atoms with Crippen molar-refractivity contribution in [1.82, 2.24) is 0 Å². The average Bonchev–Trinajstić information content (AvgIpc) is 2.85. The van der Waals surface area contributed by atoms with Crippen molar-refractivity contribution in [1.29, 1.82) is 0 Å². The maximum Gasteiger partial charge on any atom is 0.214 e. The topological polar surface area (TPSA) is 3.88 Å². The minimum Gasteiger partial charge on any atom is -0.164 e. The van der Waals surface area contributed by atoms with Gasteiger partial charge in [-0.1, -0.05) is 99.6 Å². The number of nitrogens with zero attached hydrogens (tertiary/aromatic N) is 1. The molecule has 168 valence electrons. The lowest BCUT2D eigenvalue weighted by atomic mass is 9.82. The summed E-state index contributed by atoms with van der Waals surface area (Å²) in [7, 11) is 0.